The summed E-state index contributed by atoms with van der Waals surface area (Å²) >= 11 is 0. The molecule has 8 nitrogen and oxygen atoms in total. The van der Waals surface area contributed by atoms with Gasteiger partial charge >= 0.3 is 0 Å². The van der Waals surface area contributed by atoms with Gasteiger partial charge in [0, 0.05) is 51.0 Å². The zero-order valence-electron chi connectivity index (χ0n) is 22.0. The summed E-state index contributed by atoms with van der Waals surface area (Å²) in [7, 11) is 5.49. The van der Waals surface area contributed by atoms with E-state index >= 15 is 0 Å². The van der Waals surface area contributed by atoms with Gasteiger partial charge in [0.15, 0.2) is 0 Å². The molecule has 2 aromatic carbocycles. The number of hydrogen-bond donors (Lipinski definition) is 1. The van der Waals surface area contributed by atoms with E-state index in [1.165, 1.54) is 17.7 Å². The lowest BCUT2D eigenvalue weighted by molar-refractivity contribution is 0.210. The summed E-state index contributed by atoms with van der Waals surface area (Å²) in [6, 6.07) is 16.8. The number of nitrogens with one attached hydrogen (secondary N) is 1. The van der Waals surface area contributed by atoms with Crippen LogP contribution in [0.4, 0.5) is 10.3 Å². The fourth-order valence-electron chi connectivity index (χ4n) is 5.05. The van der Waals surface area contributed by atoms with Crippen molar-refractivity contribution in [2.24, 2.45) is 0 Å². The number of aromatic nitrogens is 4. The first-order valence-corrected chi connectivity index (χ1v) is 12.8. The largest absolute Gasteiger partial charge is 0.497 e. The maximum atomic E-state index is 13.7. The topological polar surface area (TPSA) is 77.3 Å². The van der Waals surface area contributed by atoms with Gasteiger partial charge in [0.25, 0.3) is 0 Å². The number of imidazole rings is 1. The summed E-state index contributed by atoms with van der Waals surface area (Å²) in [6.45, 7) is 2.81. The van der Waals surface area contributed by atoms with E-state index in [0.29, 0.717) is 19.1 Å². The number of anilines is 1. The van der Waals surface area contributed by atoms with Crippen LogP contribution in [0.5, 0.6) is 5.75 Å². The van der Waals surface area contributed by atoms with E-state index in [-0.39, 0.29) is 11.9 Å². The van der Waals surface area contributed by atoms with Crippen molar-refractivity contribution in [1.82, 2.24) is 24.4 Å². The van der Waals surface area contributed by atoms with Crippen LogP contribution < -0.4 is 10.1 Å². The minimum absolute atomic E-state index is 0.220. The second-order valence-corrected chi connectivity index (χ2v) is 9.53. The lowest BCUT2D eigenvalue weighted by Crippen LogP contribution is -2.26. The molecule has 9 heteroatoms. The first kappa shape index (κ1) is 25.8. The van der Waals surface area contributed by atoms with Gasteiger partial charge in [-0.15, -0.1) is 0 Å². The fourth-order valence-corrected chi connectivity index (χ4v) is 5.05. The summed E-state index contributed by atoms with van der Waals surface area (Å²) in [5.41, 5.74) is 4.58. The molecule has 1 aliphatic heterocycles. The van der Waals surface area contributed by atoms with Gasteiger partial charge in [-0.1, -0.05) is 12.1 Å². The zero-order valence-corrected chi connectivity index (χ0v) is 22.0. The number of rotatable bonds is 11. The minimum atomic E-state index is -0.272. The van der Waals surface area contributed by atoms with Gasteiger partial charge in [-0.3, -0.25) is 0 Å². The Morgan fingerprint density at radius 3 is 2.74 bits per heavy atom. The van der Waals surface area contributed by atoms with Crippen LogP contribution in [0.1, 0.15) is 23.9 Å². The first-order chi connectivity index (χ1) is 18.6. The molecule has 0 aliphatic carbocycles. The summed E-state index contributed by atoms with van der Waals surface area (Å²) < 4.78 is 26.6. The van der Waals surface area contributed by atoms with Crippen molar-refractivity contribution in [2.75, 3.05) is 46.3 Å². The quantitative estimate of drug-likeness (QED) is 0.286. The van der Waals surface area contributed by atoms with Crippen molar-refractivity contribution in [2.45, 2.75) is 25.4 Å². The number of methoxy groups -OCH3 is 2. The number of likely N-dealkylation sites (N-methyl/N-ethyl adjacent to an activating group) is 1. The molecule has 0 bridgehead atoms. The lowest BCUT2D eigenvalue weighted by Gasteiger charge is -2.24. The molecule has 3 heterocycles. The number of ether oxygens (including phenoxy) is 2. The van der Waals surface area contributed by atoms with Gasteiger partial charge in [-0.25, -0.2) is 19.3 Å². The van der Waals surface area contributed by atoms with E-state index < -0.39 is 0 Å². The maximum Gasteiger partial charge on any atom is 0.223 e. The molecule has 0 saturated carbocycles. The Bertz CT molecular complexity index is 1370. The standard InChI is InChI=1S/C29H33FN6O2/c1-35(18-20-5-4-6-24(17-20)38-3)19-23-11-12-26-34-27(21-7-9-22(30)10-8-21)28(36(23)26)25-13-14-31-29(33-25)32-15-16-37-2/h4-10,13-14,17,23H,11-12,15-16,18-19H2,1-3H3,(H,31,32,33). The Hall–Kier alpha value is -3.82. The van der Waals surface area contributed by atoms with Crippen LogP contribution in [-0.4, -0.2) is 65.4 Å². The molecular formula is C29H33FN6O2. The van der Waals surface area contributed by atoms with E-state index in [1.54, 1.807) is 32.5 Å². The third-order valence-corrected chi connectivity index (χ3v) is 6.76. The van der Waals surface area contributed by atoms with Crippen molar-refractivity contribution in [1.29, 1.82) is 0 Å². The molecule has 1 aliphatic rings. The Labute approximate surface area is 222 Å². The van der Waals surface area contributed by atoms with Crippen LogP contribution in [-0.2, 0) is 17.7 Å². The summed E-state index contributed by atoms with van der Waals surface area (Å²) in [5, 5.41) is 3.22. The van der Waals surface area contributed by atoms with Crippen LogP contribution >= 0.6 is 0 Å². The molecule has 0 amide bonds. The number of aryl methyl sites for hydroxylation is 1. The second kappa shape index (κ2) is 11.7. The zero-order chi connectivity index (χ0) is 26.5. The molecule has 0 saturated heterocycles. The second-order valence-electron chi connectivity index (χ2n) is 9.53. The Kier molecular flexibility index (Phi) is 7.95. The van der Waals surface area contributed by atoms with Gasteiger partial charge in [0.2, 0.25) is 5.95 Å². The van der Waals surface area contributed by atoms with E-state index in [9.17, 15) is 4.39 Å². The van der Waals surface area contributed by atoms with Crippen molar-refractivity contribution < 1.29 is 13.9 Å². The molecule has 5 rings (SSSR count). The summed E-state index contributed by atoms with van der Waals surface area (Å²) in [5.74, 6) is 2.14. The Morgan fingerprint density at radius 1 is 1.11 bits per heavy atom. The van der Waals surface area contributed by atoms with E-state index in [2.05, 4.69) is 38.9 Å². The van der Waals surface area contributed by atoms with Gasteiger partial charge < -0.3 is 24.3 Å². The van der Waals surface area contributed by atoms with Gasteiger partial charge in [0.05, 0.1) is 30.8 Å². The molecule has 0 fully saturated rings. The van der Waals surface area contributed by atoms with Crippen molar-refractivity contribution in [3.05, 3.63) is 78.0 Å². The summed E-state index contributed by atoms with van der Waals surface area (Å²) in [6.07, 6.45) is 3.62. The Morgan fingerprint density at radius 2 is 1.95 bits per heavy atom. The molecule has 1 atom stereocenters. The SMILES string of the molecule is COCCNc1nccc(-c2c(-c3ccc(F)cc3)nc3n2C(CN(C)Cc2cccc(OC)c2)CC3)n1. The normalized spacial score (nSPS) is 14.6. The fraction of sp³-hybridized carbons (Fsp3) is 0.345. The minimum Gasteiger partial charge on any atom is -0.497 e. The number of fused-ring (bicyclic) bond motifs is 1. The van der Waals surface area contributed by atoms with E-state index in [4.69, 9.17) is 19.4 Å². The third kappa shape index (κ3) is 5.69. The number of nitrogens with zero attached hydrogens (tertiary/aromatic N) is 5. The maximum absolute atomic E-state index is 13.7. The van der Waals surface area contributed by atoms with Crippen molar-refractivity contribution >= 4 is 5.95 Å². The average molecular weight is 517 g/mol. The van der Waals surface area contributed by atoms with Gasteiger partial charge in [0.1, 0.15) is 17.4 Å². The molecule has 1 unspecified atom stereocenters. The van der Waals surface area contributed by atoms with Gasteiger partial charge in [-0.2, -0.15) is 0 Å². The van der Waals surface area contributed by atoms with Crippen LogP contribution in [0.25, 0.3) is 22.6 Å². The highest BCUT2D eigenvalue weighted by atomic mass is 19.1. The molecule has 1 N–H and O–H groups in total. The highest BCUT2D eigenvalue weighted by Gasteiger charge is 2.31. The van der Waals surface area contributed by atoms with E-state index in [1.807, 2.05) is 18.2 Å². The monoisotopic (exact) mass is 516 g/mol. The number of hydrogen-bond acceptors (Lipinski definition) is 7. The lowest BCUT2D eigenvalue weighted by atomic mass is 10.1. The van der Waals surface area contributed by atoms with Crippen LogP contribution in [0, 0.1) is 5.82 Å². The predicted octanol–water partition coefficient (Wildman–Crippen LogP) is 4.83. The first-order valence-electron chi connectivity index (χ1n) is 12.8. The smallest absolute Gasteiger partial charge is 0.223 e. The Balaban J connectivity index is 1.48. The molecule has 38 heavy (non-hydrogen) atoms. The highest BCUT2D eigenvalue weighted by Crippen LogP contribution is 2.39. The molecule has 198 valence electrons. The van der Waals surface area contributed by atoms with Crippen LogP contribution in [0.2, 0.25) is 0 Å². The molecule has 4 aromatic rings. The van der Waals surface area contributed by atoms with E-state index in [0.717, 1.165) is 60.2 Å². The number of benzene rings is 2. The predicted molar refractivity (Wildman–Crippen MR) is 146 cm³/mol. The molecule has 0 spiro atoms. The average Bonchev–Trinajstić information content (AvgIpc) is 3.49. The molecular weight excluding hydrogens is 483 g/mol. The summed E-state index contributed by atoms with van der Waals surface area (Å²) in [4.78, 5) is 16.6. The van der Waals surface area contributed by atoms with Crippen LogP contribution in [0.3, 0.4) is 0 Å². The highest BCUT2D eigenvalue weighted by molar-refractivity contribution is 5.78. The third-order valence-electron chi connectivity index (χ3n) is 6.76. The molecule has 0 radical (unpaired) electrons. The molecule has 2 aromatic heterocycles. The van der Waals surface area contributed by atoms with Crippen molar-refractivity contribution in [3.8, 4) is 28.4 Å². The van der Waals surface area contributed by atoms with Gasteiger partial charge in [-0.05, 0) is 61.5 Å². The van der Waals surface area contributed by atoms with Crippen LogP contribution in [0.15, 0.2) is 60.8 Å². The number of halogens is 1. The van der Waals surface area contributed by atoms with Crippen molar-refractivity contribution in [3.63, 3.8) is 0 Å².